The van der Waals surface area contributed by atoms with E-state index >= 15 is 0 Å². The summed E-state index contributed by atoms with van der Waals surface area (Å²) in [6, 6.07) is 16.7. The van der Waals surface area contributed by atoms with Gasteiger partial charge >= 0.3 is 6.09 Å². The summed E-state index contributed by atoms with van der Waals surface area (Å²) in [7, 11) is 1.68. The Balaban J connectivity index is 2.05. The van der Waals surface area contributed by atoms with Gasteiger partial charge in [-0.2, -0.15) is 5.26 Å². The molecule has 0 fully saturated rings. The average Bonchev–Trinajstić information content (AvgIpc) is 2.53. The number of nitriles is 1. The van der Waals surface area contributed by atoms with Crippen LogP contribution in [0.3, 0.4) is 0 Å². The molecule has 0 N–H and O–H groups in total. The van der Waals surface area contributed by atoms with E-state index in [1.807, 2.05) is 36.4 Å². The molecule has 4 heteroatoms. The molecule has 1 amide bonds. The molecule has 0 saturated carbocycles. The van der Waals surface area contributed by atoms with Gasteiger partial charge in [0.05, 0.1) is 17.3 Å². The first kappa shape index (κ1) is 12.9. The molecule has 0 saturated heterocycles. The molecule has 2 aromatic carbocycles. The van der Waals surface area contributed by atoms with Crippen LogP contribution in [0.2, 0.25) is 0 Å². The molecule has 0 bridgehead atoms. The number of anilines is 1. The highest BCUT2D eigenvalue weighted by Gasteiger charge is 2.25. The van der Waals surface area contributed by atoms with E-state index in [1.165, 1.54) is 4.90 Å². The van der Waals surface area contributed by atoms with Crippen molar-refractivity contribution >= 4 is 23.6 Å². The number of carbonyl (C=O) groups excluding carboxylic acids is 1. The number of rotatable bonds is 1. The lowest BCUT2D eigenvalue weighted by Gasteiger charge is -2.26. The van der Waals surface area contributed by atoms with E-state index in [0.717, 1.165) is 16.8 Å². The van der Waals surface area contributed by atoms with Crippen LogP contribution in [0.5, 0.6) is 0 Å². The molecule has 0 spiro atoms. The fourth-order valence-corrected chi connectivity index (χ4v) is 2.20. The van der Waals surface area contributed by atoms with Gasteiger partial charge in [0.1, 0.15) is 5.76 Å². The van der Waals surface area contributed by atoms with Gasteiger partial charge in [-0.25, -0.2) is 4.79 Å². The summed E-state index contributed by atoms with van der Waals surface area (Å²) in [6.07, 6.45) is 1.39. The summed E-state index contributed by atoms with van der Waals surface area (Å²) in [6.45, 7) is 0. The molecule has 4 nitrogen and oxygen atoms in total. The number of cyclic esters (lactones) is 1. The van der Waals surface area contributed by atoms with Crippen molar-refractivity contribution in [1.29, 1.82) is 5.26 Å². The van der Waals surface area contributed by atoms with Crippen molar-refractivity contribution in [2.45, 2.75) is 0 Å². The van der Waals surface area contributed by atoms with E-state index in [0.29, 0.717) is 11.3 Å². The molecule has 0 unspecified atom stereocenters. The van der Waals surface area contributed by atoms with Crippen LogP contribution in [0.1, 0.15) is 16.7 Å². The number of carbonyl (C=O) groups is 1. The quantitative estimate of drug-likeness (QED) is 0.799. The highest BCUT2D eigenvalue weighted by Crippen LogP contribution is 2.33. The summed E-state index contributed by atoms with van der Waals surface area (Å²) < 4.78 is 5.37. The Morgan fingerprint density at radius 1 is 1.14 bits per heavy atom. The number of fused-ring (bicyclic) bond motifs is 1. The van der Waals surface area contributed by atoms with Crippen LogP contribution in [-0.2, 0) is 4.74 Å². The van der Waals surface area contributed by atoms with E-state index in [-0.39, 0.29) is 0 Å². The number of para-hydroxylation sites is 1. The maximum atomic E-state index is 11.9. The smallest absolute Gasteiger partial charge is 0.409 e. The van der Waals surface area contributed by atoms with Crippen molar-refractivity contribution < 1.29 is 9.53 Å². The van der Waals surface area contributed by atoms with Gasteiger partial charge in [-0.05, 0) is 35.9 Å². The van der Waals surface area contributed by atoms with Crippen LogP contribution in [0, 0.1) is 11.3 Å². The van der Waals surface area contributed by atoms with E-state index in [2.05, 4.69) is 6.07 Å². The molecule has 0 aliphatic carbocycles. The molecule has 0 aromatic heterocycles. The third-order valence-corrected chi connectivity index (χ3v) is 3.34. The summed E-state index contributed by atoms with van der Waals surface area (Å²) in [5, 5.41) is 8.80. The molecular formula is C17H12N2O2. The third-order valence-electron chi connectivity index (χ3n) is 3.34. The Labute approximate surface area is 122 Å². The van der Waals surface area contributed by atoms with Crippen molar-refractivity contribution in [3.63, 3.8) is 0 Å². The lowest BCUT2D eigenvalue weighted by molar-refractivity contribution is 0.199. The summed E-state index contributed by atoms with van der Waals surface area (Å²) in [5.74, 6) is 0.512. The monoisotopic (exact) mass is 276 g/mol. The fraction of sp³-hybridized carbons (Fsp3) is 0.0588. The summed E-state index contributed by atoms with van der Waals surface area (Å²) >= 11 is 0. The number of hydrogen-bond donors (Lipinski definition) is 0. The first-order valence-electron chi connectivity index (χ1n) is 6.46. The maximum Gasteiger partial charge on any atom is 0.419 e. The van der Waals surface area contributed by atoms with E-state index in [1.54, 1.807) is 25.3 Å². The predicted octanol–water partition coefficient (Wildman–Crippen LogP) is 3.64. The largest absolute Gasteiger partial charge is 0.419 e. The van der Waals surface area contributed by atoms with Gasteiger partial charge in [0.25, 0.3) is 0 Å². The van der Waals surface area contributed by atoms with E-state index in [4.69, 9.17) is 10.00 Å². The Morgan fingerprint density at radius 2 is 1.86 bits per heavy atom. The van der Waals surface area contributed by atoms with Gasteiger partial charge < -0.3 is 4.74 Å². The highest BCUT2D eigenvalue weighted by atomic mass is 16.6. The fourth-order valence-electron chi connectivity index (χ4n) is 2.20. The van der Waals surface area contributed by atoms with Gasteiger partial charge in [0, 0.05) is 12.6 Å². The molecule has 3 rings (SSSR count). The molecule has 21 heavy (non-hydrogen) atoms. The number of amides is 1. The van der Waals surface area contributed by atoms with Crippen molar-refractivity contribution in [3.05, 3.63) is 65.2 Å². The minimum Gasteiger partial charge on any atom is -0.409 e. The second-order valence-electron chi connectivity index (χ2n) is 4.69. The first-order valence-corrected chi connectivity index (χ1v) is 6.46. The summed E-state index contributed by atoms with van der Waals surface area (Å²) in [4.78, 5) is 13.4. The van der Waals surface area contributed by atoms with Gasteiger partial charge in [0.15, 0.2) is 0 Å². The molecule has 1 heterocycles. The Bertz CT molecular complexity index is 770. The first-order chi connectivity index (χ1) is 10.2. The standard InChI is InChI=1S/C17H12N2O2/c1-19-15-5-3-2-4-14(15)16(21-17(19)20)10-12-6-8-13(11-18)9-7-12/h2-10H,1H3/b16-10+. The van der Waals surface area contributed by atoms with Crippen LogP contribution >= 0.6 is 0 Å². The van der Waals surface area contributed by atoms with Gasteiger partial charge in [0.2, 0.25) is 0 Å². The zero-order valence-corrected chi connectivity index (χ0v) is 11.4. The molecular weight excluding hydrogens is 264 g/mol. The SMILES string of the molecule is CN1C(=O)O/C(=C/c2ccc(C#N)cc2)c2ccccc21. The Hall–Kier alpha value is -3.06. The van der Waals surface area contributed by atoms with Gasteiger partial charge in [-0.3, -0.25) is 4.90 Å². The second-order valence-corrected chi connectivity index (χ2v) is 4.69. The van der Waals surface area contributed by atoms with Crippen molar-refractivity contribution in [2.75, 3.05) is 11.9 Å². The van der Waals surface area contributed by atoms with Crippen LogP contribution in [0.15, 0.2) is 48.5 Å². The molecule has 2 aromatic rings. The van der Waals surface area contributed by atoms with Crippen molar-refractivity contribution in [2.24, 2.45) is 0 Å². The van der Waals surface area contributed by atoms with Gasteiger partial charge in [-0.15, -0.1) is 0 Å². The Morgan fingerprint density at radius 3 is 2.57 bits per heavy atom. The molecule has 102 valence electrons. The number of ether oxygens (including phenoxy) is 1. The number of nitrogens with zero attached hydrogens (tertiary/aromatic N) is 2. The number of benzene rings is 2. The molecule has 1 aliphatic heterocycles. The lowest BCUT2D eigenvalue weighted by atomic mass is 10.1. The average molecular weight is 276 g/mol. The van der Waals surface area contributed by atoms with Gasteiger partial charge in [-0.1, -0.05) is 24.3 Å². The van der Waals surface area contributed by atoms with Crippen molar-refractivity contribution in [1.82, 2.24) is 0 Å². The lowest BCUT2D eigenvalue weighted by Crippen LogP contribution is -2.31. The number of hydrogen-bond acceptors (Lipinski definition) is 3. The topological polar surface area (TPSA) is 53.3 Å². The van der Waals surface area contributed by atoms with Crippen LogP contribution in [-0.4, -0.2) is 13.1 Å². The zero-order chi connectivity index (χ0) is 14.8. The van der Waals surface area contributed by atoms with E-state index < -0.39 is 6.09 Å². The summed E-state index contributed by atoms with van der Waals surface area (Å²) in [5.41, 5.74) is 3.15. The molecule has 0 radical (unpaired) electrons. The second kappa shape index (κ2) is 5.14. The normalized spacial score (nSPS) is 15.3. The minimum atomic E-state index is -0.409. The Kier molecular flexibility index (Phi) is 3.17. The van der Waals surface area contributed by atoms with Crippen LogP contribution < -0.4 is 4.90 Å². The minimum absolute atomic E-state index is 0.409. The molecule has 1 aliphatic rings. The van der Waals surface area contributed by atoms with Crippen molar-refractivity contribution in [3.8, 4) is 6.07 Å². The van der Waals surface area contributed by atoms with Crippen LogP contribution in [0.4, 0.5) is 10.5 Å². The van der Waals surface area contributed by atoms with E-state index in [9.17, 15) is 4.79 Å². The van der Waals surface area contributed by atoms with Crippen LogP contribution in [0.25, 0.3) is 11.8 Å². The third kappa shape index (κ3) is 2.37. The maximum absolute atomic E-state index is 11.9. The highest BCUT2D eigenvalue weighted by molar-refractivity contribution is 6.01. The zero-order valence-electron chi connectivity index (χ0n) is 11.4. The predicted molar refractivity (Wildman–Crippen MR) is 80.4 cm³/mol. The molecule has 0 atom stereocenters.